The SMILES string of the molecule is O=C(c1cccc(S(=O)(=O)NCC2CC2)c1)N1CC[C@H](OC(F)F)C1. The maximum absolute atomic E-state index is 12.5. The van der Waals surface area contributed by atoms with Crippen LogP contribution in [0.5, 0.6) is 0 Å². The van der Waals surface area contributed by atoms with Crippen molar-refractivity contribution in [2.24, 2.45) is 5.92 Å². The van der Waals surface area contributed by atoms with Gasteiger partial charge in [0.05, 0.1) is 11.0 Å². The summed E-state index contributed by atoms with van der Waals surface area (Å²) in [5, 5.41) is 0. The normalized spacial score (nSPS) is 21.1. The van der Waals surface area contributed by atoms with Gasteiger partial charge in [0, 0.05) is 25.2 Å². The highest BCUT2D eigenvalue weighted by atomic mass is 32.2. The molecule has 1 heterocycles. The van der Waals surface area contributed by atoms with Crippen LogP contribution in [0.4, 0.5) is 8.78 Å². The first-order valence-electron chi connectivity index (χ1n) is 8.18. The Morgan fingerprint density at radius 2 is 2.08 bits per heavy atom. The predicted octanol–water partition coefficient (Wildman–Crippen LogP) is 1.83. The number of likely N-dealkylation sites (tertiary alicyclic amines) is 1. The lowest BCUT2D eigenvalue weighted by Gasteiger charge is -2.17. The van der Waals surface area contributed by atoms with Gasteiger partial charge in [0.2, 0.25) is 10.0 Å². The average Bonchev–Trinajstić information content (AvgIpc) is 3.30. The Balaban J connectivity index is 1.67. The molecule has 0 spiro atoms. The molecule has 1 N–H and O–H groups in total. The van der Waals surface area contributed by atoms with Gasteiger partial charge in [-0.3, -0.25) is 4.79 Å². The Morgan fingerprint density at radius 1 is 1.32 bits per heavy atom. The molecule has 138 valence electrons. The number of alkyl halides is 2. The largest absolute Gasteiger partial charge is 0.345 e. The standard InChI is InChI=1S/C16H20F2N2O4S/c17-16(18)24-13-6-7-20(10-13)15(21)12-2-1-3-14(8-12)25(22,23)19-9-11-4-5-11/h1-3,8,11,13,16,19H,4-7,9-10H2/t13-/m0/s1. The van der Waals surface area contributed by atoms with E-state index in [9.17, 15) is 22.0 Å². The van der Waals surface area contributed by atoms with Crippen LogP contribution in [0.3, 0.4) is 0 Å². The third-order valence-electron chi connectivity index (χ3n) is 4.38. The average molecular weight is 374 g/mol. The molecule has 1 aromatic carbocycles. The maximum atomic E-state index is 12.5. The van der Waals surface area contributed by atoms with Crippen molar-refractivity contribution in [3.05, 3.63) is 29.8 Å². The van der Waals surface area contributed by atoms with Crippen LogP contribution < -0.4 is 4.72 Å². The number of benzene rings is 1. The second-order valence-electron chi connectivity index (χ2n) is 6.38. The fourth-order valence-corrected chi connectivity index (χ4v) is 3.94. The van der Waals surface area contributed by atoms with Crippen molar-refractivity contribution in [2.45, 2.75) is 36.9 Å². The Labute approximate surface area is 145 Å². The third kappa shape index (κ3) is 4.74. The van der Waals surface area contributed by atoms with Crippen molar-refractivity contribution in [3.8, 4) is 0 Å². The number of rotatable bonds is 7. The van der Waals surface area contributed by atoms with E-state index in [-0.39, 0.29) is 22.9 Å². The second-order valence-corrected chi connectivity index (χ2v) is 8.15. The Morgan fingerprint density at radius 3 is 2.76 bits per heavy atom. The van der Waals surface area contributed by atoms with Crippen molar-refractivity contribution in [2.75, 3.05) is 19.6 Å². The van der Waals surface area contributed by atoms with Crippen LogP contribution in [-0.2, 0) is 14.8 Å². The van der Waals surface area contributed by atoms with Crippen LogP contribution in [0.1, 0.15) is 29.6 Å². The molecule has 1 amide bonds. The molecule has 2 fully saturated rings. The highest BCUT2D eigenvalue weighted by molar-refractivity contribution is 7.89. The number of halogens is 2. The summed E-state index contributed by atoms with van der Waals surface area (Å²) in [4.78, 5) is 13.9. The van der Waals surface area contributed by atoms with Gasteiger partial charge in [-0.15, -0.1) is 0 Å². The minimum absolute atomic E-state index is 0.0265. The molecular formula is C16H20F2N2O4S. The Kier molecular flexibility index (Phi) is 5.35. The molecule has 1 aliphatic carbocycles. The number of hydrogen-bond donors (Lipinski definition) is 1. The van der Waals surface area contributed by atoms with E-state index in [0.29, 0.717) is 25.4 Å². The molecule has 25 heavy (non-hydrogen) atoms. The number of hydrogen-bond acceptors (Lipinski definition) is 4. The second kappa shape index (κ2) is 7.35. The van der Waals surface area contributed by atoms with E-state index < -0.39 is 22.7 Å². The topological polar surface area (TPSA) is 75.7 Å². The molecule has 2 aliphatic rings. The van der Waals surface area contributed by atoms with Gasteiger partial charge in [0.1, 0.15) is 0 Å². The number of carbonyl (C=O) groups is 1. The van der Waals surface area contributed by atoms with E-state index in [1.165, 1.54) is 29.2 Å². The van der Waals surface area contributed by atoms with Gasteiger partial charge >= 0.3 is 6.61 Å². The molecule has 9 heteroatoms. The zero-order valence-electron chi connectivity index (χ0n) is 13.5. The first-order chi connectivity index (χ1) is 11.8. The fourth-order valence-electron chi connectivity index (χ4n) is 2.78. The van der Waals surface area contributed by atoms with Gasteiger partial charge in [-0.1, -0.05) is 6.07 Å². The molecule has 1 saturated carbocycles. The van der Waals surface area contributed by atoms with E-state index in [0.717, 1.165) is 12.8 Å². The number of carbonyl (C=O) groups excluding carboxylic acids is 1. The van der Waals surface area contributed by atoms with Gasteiger partial charge < -0.3 is 9.64 Å². The molecule has 0 radical (unpaired) electrons. The number of sulfonamides is 1. The smallest absolute Gasteiger partial charge is 0.336 e. The zero-order valence-corrected chi connectivity index (χ0v) is 14.3. The molecule has 1 atom stereocenters. The van der Waals surface area contributed by atoms with Crippen LogP contribution in [0.25, 0.3) is 0 Å². The van der Waals surface area contributed by atoms with Crippen LogP contribution >= 0.6 is 0 Å². The zero-order chi connectivity index (χ0) is 18.0. The molecule has 1 aromatic rings. The van der Waals surface area contributed by atoms with Crippen LogP contribution in [0.2, 0.25) is 0 Å². The number of nitrogens with one attached hydrogen (secondary N) is 1. The minimum atomic E-state index is -3.67. The van der Waals surface area contributed by atoms with Crippen molar-refractivity contribution < 1.29 is 26.7 Å². The van der Waals surface area contributed by atoms with Gasteiger partial charge in [-0.25, -0.2) is 13.1 Å². The van der Waals surface area contributed by atoms with E-state index >= 15 is 0 Å². The summed E-state index contributed by atoms with van der Waals surface area (Å²) in [5.74, 6) is 0.00978. The molecule has 6 nitrogen and oxygen atoms in total. The van der Waals surface area contributed by atoms with E-state index in [1.54, 1.807) is 0 Å². The molecule has 0 aromatic heterocycles. The fraction of sp³-hybridized carbons (Fsp3) is 0.562. The quantitative estimate of drug-likeness (QED) is 0.790. The highest BCUT2D eigenvalue weighted by Gasteiger charge is 2.30. The molecule has 1 saturated heterocycles. The number of amides is 1. The van der Waals surface area contributed by atoms with Gasteiger partial charge in [-0.2, -0.15) is 8.78 Å². The van der Waals surface area contributed by atoms with E-state index in [4.69, 9.17) is 0 Å². The van der Waals surface area contributed by atoms with E-state index in [2.05, 4.69) is 9.46 Å². The lowest BCUT2D eigenvalue weighted by molar-refractivity contribution is -0.158. The summed E-state index contributed by atoms with van der Waals surface area (Å²) in [6.45, 7) is -2.10. The molecule has 0 bridgehead atoms. The van der Waals surface area contributed by atoms with Crippen LogP contribution in [0.15, 0.2) is 29.2 Å². The van der Waals surface area contributed by atoms with Crippen molar-refractivity contribution in [1.82, 2.24) is 9.62 Å². The Bertz CT molecular complexity index is 737. The third-order valence-corrected chi connectivity index (χ3v) is 5.80. The summed E-state index contributed by atoms with van der Waals surface area (Å²) in [6.07, 6.45) is 1.68. The van der Waals surface area contributed by atoms with Gasteiger partial charge in [0.15, 0.2) is 0 Å². The van der Waals surface area contributed by atoms with E-state index in [1.807, 2.05) is 0 Å². The summed E-state index contributed by atoms with van der Waals surface area (Å²) >= 11 is 0. The van der Waals surface area contributed by atoms with Crippen LogP contribution in [-0.4, -0.2) is 51.6 Å². The lowest BCUT2D eigenvalue weighted by atomic mass is 10.2. The minimum Gasteiger partial charge on any atom is -0.336 e. The molecular weight excluding hydrogens is 354 g/mol. The van der Waals surface area contributed by atoms with Crippen LogP contribution in [0, 0.1) is 5.92 Å². The summed E-state index contributed by atoms with van der Waals surface area (Å²) < 4.78 is 56.1. The molecule has 0 unspecified atom stereocenters. The predicted molar refractivity (Wildman–Crippen MR) is 85.8 cm³/mol. The first kappa shape index (κ1) is 18.2. The van der Waals surface area contributed by atoms with Gasteiger partial charge in [0.25, 0.3) is 5.91 Å². The molecule has 1 aliphatic heterocycles. The van der Waals surface area contributed by atoms with Crippen molar-refractivity contribution in [1.29, 1.82) is 0 Å². The number of ether oxygens (including phenoxy) is 1. The number of nitrogens with zero attached hydrogens (tertiary/aromatic N) is 1. The van der Waals surface area contributed by atoms with Gasteiger partial charge in [-0.05, 0) is 43.4 Å². The Hall–Kier alpha value is -1.58. The van der Waals surface area contributed by atoms with Crippen molar-refractivity contribution in [3.63, 3.8) is 0 Å². The monoisotopic (exact) mass is 374 g/mol. The summed E-state index contributed by atoms with van der Waals surface area (Å²) in [7, 11) is -3.67. The maximum Gasteiger partial charge on any atom is 0.345 e. The first-order valence-corrected chi connectivity index (χ1v) is 9.66. The highest BCUT2D eigenvalue weighted by Crippen LogP contribution is 2.28. The molecule has 3 rings (SSSR count). The lowest BCUT2D eigenvalue weighted by Crippen LogP contribution is -2.31. The summed E-state index contributed by atoms with van der Waals surface area (Å²) in [5.41, 5.74) is 0.215. The summed E-state index contributed by atoms with van der Waals surface area (Å²) in [6, 6.07) is 5.77. The van der Waals surface area contributed by atoms with Crippen molar-refractivity contribution >= 4 is 15.9 Å².